The molecule has 0 amide bonds. The molecule has 0 radical (unpaired) electrons. The summed E-state index contributed by atoms with van der Waals surface area (Å²) < 4.78 is 7.74. The van der Waals surface area contributed by atoms with Gasteiger partial charge < -0.3 is 15.4 Å². The Morgan fingerprint density at radius 3 is 2.53 bits per heavy atom. The topological polar surface area (TPSA) is 92.5 Å². The summed E-state index contributed by atoms with van der Waals surface area (Å²) in [5.74, 6) is 0.270. The van der Waals surface area contributed by atoms with Crippen molar-refractivity contribution in [2.45, 2.75) is 12.7 Å². The van der Waals surface area contributed by atoms with Crippen molar-refractivity contribution in [3.05, 3.63) is 77.9 Å². The fourth-order valence-electron chi connectivity index (χ4n) is 3.63. The molecule has 0 bridgehead atoms. The molecule has 1 aliphatic rings. The van der Waals surface area contributed by atoms with E-state index >= 15 is 0 Å². The van der Waals surface area contributed by atoms with E-state index in [0.29, 0.717) is 12.2 Å². The van der Waals surface area contributed by atoms with Crippen LogP contribution >= 0.6 is 0 Å². The van der Waals surface area contributed by atoms with Gasteiger partial charge in [-0.15, -0.1) is 5.10 Å². The third-order valence-electron chi connectivity index (χ3n) is 5.32. The third kappa shape index (κ3) is 3.45. The van der Waals surface area contributed by atoms with Crippen LogP contribution in [0.4, 0.5) is 11.6 Å². The molecule has 2 aromatic carbocycles. The predicted octanol–water partition coefficient (Wildman–Crippen LogP) is 3.26. The van der Waals surface area contributed by atoms with Crippen molar-refractivity contribution in [3.8, 4) is 17.3 Å². The van der Waals surface area contributed by atoms with Gasteiger partial charge in [0.25, 0.3) is 0 Å². The number of benzene rings is 2. The minimum absolute atomic E-state index is 0.215. The molecule has 1 aliphatic heterocycles. The number of ether oxygens (including phenoxy) is 1. The molecule has 5 rings (SSSR count). The van der Waals surface area contributed by atoms with Crippen molar-refractivity contribution in [3.63, 3.8) is 0 Å². The predicted molar refractivity (Wildman–Crippen MR) is 115 cm³/mol. The summed E-state index contributed by atoms with van der Waals surface area (Å²) in [6.07, 6.45) is 0.215. The Morgan fingerprint density at radius 1 is 1.03 bits per heavy atom. The van der Waals surface area contributed by atoms with Crippen LogP contribution in [0.25, 0.3) is 16.9 Å². The summed E-state index contributed by atoms with van der Waals surface area (Å²) in [4.78, 5) is 6.51. The van der Waals surface area contributed by atoms with Gasteiger partial charge in [0.15, 0.2) is 5.65 Å². The molecule has 7 nitrogen and oxygen atoms in total. The van der Waals surface area contributed by atoms with Gasteiger partial charge in [0, 0.05) is 24.3 Å². The molecular weight excluding hydrogens is 376 g/mol. The van der Waals surface area contributed by atoms with Crippen LogP contribution in [0.5, 0.6) is 0 Å². The van der Waals surface area contributed by atoms with Crippen LogP contribution in [0.1, 0.15) is 11.1 Å². The number of hydrogen-bond acceptors (Lipinski definition) is 6. The zero-order chi connectivity index (χ0) is 20.5. The highest BCUT2D eigenvalue weighted by molar-refractivity contribution is 5.66. The molecule has 0 atom stereocenters. The lowest BCUT2D eigenvalue weighted by Crippen LogP contribution is -2.52. The van der Waals surface area contributed by atoms with Gasteiger partial charge in [0.2, 0.25) is 5.95 Å². The molecule has 0 unspecified atom stereocenters. The monoisotopic (exact) mass is 396 g/mol. The fourth-order valence-corrected chi connectivity index (χ4v) is 3.63. The first-order valence-corrected chi connectivity index (χ1v) is 9.77. The van der Waals surface area contributed by atoms with E-state index in [9.17, 15) is 0 Å². The molecule has 4 aromatic rings. The Labute approximate surface area is 173 Å². The highest BCUT2D eigenvalue weighted by Crippen LogP contribution is 2.27. The Morgan fingerprint density at radius 2 is 1.80 bits per heavy atom. The molecule has 0 spiro atoms. The number of fused-ring (bicyclic) bond motifs is 1. The van der Waals surface area contributed by atoms with Crippen LogP contribution in [0.2, 0.25) is 0 Å². The van der Waals surface area contributed by atoms with E-state index in [-0.39, 0.29) is 12.1 Å². The molecule has 1 saturated heterocycles. The van der Waals surface area contributed by atoms with Gasteiger partial charge in [-0.3, -0.25) is 0 Å². The summed E-state index contributed by atoms with van der Waals surface area (Å²) in [6, 6.07) is 23.9. The van der Waals surface area contributed by atoms with Crippen molar-refractivity contribution < 1.29 is 4.74 Å². The van der Waals surface area contributed by atoms with Crippen molar-refractivity contribution in [1.82, 2.24) is 14.6 Å². The second-order valence-electron chi connectivity index (χ2n) is 7.34. The number of nitrogen functional groups attached to an aromatic ring is 1. The molecule has 0 aliphatic carbocycles. The van der Waals surface area contributed by atoms with Crippen LogP contribution < -0.4 is 10.6 Å². The second-order valence-corrected chi connectivity index (χ2v) is 7.34. The second kappa shape index (κ2) is 7.50. The zero-order valence-electron chi connectivity index (χ0n) is 16.3. The molecule has 148 valence electrons. The number of hydrogen-bond donors (Lipinski definition) is 1. The molecule has 3 heterocycles. The Bertz CT molecular complexity index is 1220. The van der Waals surface area contributed by atoms with E-state index in [0.717, 1.165) is 35.6 Å². The van der Waals surface area contributed by atoms with E-state index in [1.165, 1.54) is 5.69 Å². The molecule has 2 N–H and O–H groups in total. The standard InChI is InChI=1S/C23H20N6O/c24-12-16-4-6-17(7-5-16)15-30-20-13-28(14-20)19-10-8-18(9-11-19)21-2-1-3-22-26-23(25)27-29(21)22/h1-11,20H,13-15H2,(H2,25,27). The van der Waals surface area contributed by atoms with E-state index in [1.54, 1.807) is 4.52 Å². The molecule has 2 aromatic heterocycles. The first kappa shape index (κ1) is 18.2. The van der Waals surface area contributed by atoms with Crippen molar-refractivity contribution in [2.75, 3.05) is 23.7 Å². The van der Waals surface area contributed by atoms with Gasteiger partial charge in [-0.2, -0.15) is 10.2 Å². The normalized spacial score (nSPS) is 13.9. The van der Waals surface area contributed by atoms with Gasteiger partial charge in [-0.05, 0) is 42.0 Å². The van der Waals surface area contributed by atoms with Crippen LogP contribution in [-0.2, 0) is 11.3 Å². The van der Waals surface area contributed by atoms with E-state index in [1.807, 2.05) is 42.5 Å². The van der Waals surface area contributed by atoms with Crippen molar-refractivity contribution >= 4 is 17.3 Å². The molecular formula is C23H20N6O. The maximum absolute atomic E-state index is 8.86. The Balaban J connectivity index is 1.20. The minimum atomic E-state index is 0.215. The maximum atomic E-state index is 8.86. The van der Waals surface area contributed by atoms with Gasteiger partial charge in [0.05, 0.1) is 30.0 Å². The summed E-state index contributed by atoms with van der Waals surface area (Å²) in [7, 11) is 0. The zero-order valence-corrected chi connectivity index (χ0v) is 16.3. The molecule has 1 fully saturated rings. The fraction of sp³-hybridized carbons (Fsp3) is 0.174. The summed E-state index contributed by atoms with van der Waals surface area (Å²) in [5, 5.41) is 13.1. The number of nitrogens with two attached hydrogens (primary N) is 1. The molecule has 0 saturated carbocycles. The van der Waals surface area contributed by atoms with Gasteiger partial charge in [-0.1, -0.05) is 30.3 Å². The molecule has 30 heavy (non-hydrogen) atoms. The first-order chi connectivity index (χ1) is 14.7. The number of aromatic nitrogens is 3. The number of nitrogens with zero attached hydrogens (tertiary/aromatic N) is 5. The Kier molecular flexibility index (Phi) is 4.54. The largest absolute Gasteiger partial charge is 0.370 e. The average molecular weight is 396 g/mol. The number of pyridine rings is 1. The highest BCUT2D eigenvalue weighted by Gasteiger charge is 2.27. The van der Waals surface area contributed by atoms with E-state index < -0.39 is 0 Å². The lowest BCUT2D eigenvalue weighted by molar-refractivity contribution is 0.0224. The van der Waals surface area contributed by atoms with Gasteiger partial charge in [0.1, 0.15) is 0 Å². The van der Waals surface area contributed by atoms with Crippen molar-refractivity contribution in [2.24, 2.45) is 0 Å². The van der Waals surface area contributed by atoms with Gasteiger partial charge >= 0.3 is 0 Å². The Hall–Kier alpha value is -3.89. The summed E-state index contributed by atoms with van der Waals surface area (Å²) in [5.41, 5.74) is 11.4. The highest BCUT2D eigenvalue weighted by atomic mass is 16.5. The quantitative estimate of drug-likeness (QED) is 0.557. The smallest absolute Gasteiger partial charge is 0.240 e. The lowest BCUT2D eigenvalue weighted by atomic mass is 10.1. The average Bonchev–Trinajstić information content (AvgIpc) is 3.14. The van der Waals surface area contributed by atoms with E-state index in [4.69, 9.17) is 15.7 Å². The lowest BCUT2D eigenvalue weighted by Gasteiger charge is -2.40. The summed E-state index contributed by atoms with van der Waals surface area (Å²) in [6.45, 7) is 2.30. The van der Waals surface area contributed by atoms with Crippen LogP contribution in [0.15, 0.2) is 66.7 Å². The van der Waals surface area contributed by atoms with Crippen LogP contribution in [0.3, 0.4) is 0 Å². The molecule has 7 heteroatoms. The SMILES string of the molecule is N#Cc1ccc(COC2CN(c3ccc(-c4cccc5nc(N)nn45)cc3)C2)cc1. The van der Waals surface area contributed by atoms with Gasteiger partial charge in [-0.25, -0.2) is 4.52 Å². The summed E-state index contributed by atoms with van der Waals surface area (Å²) >= 11 is 0. The maximum Gasteiger partial charge on any atom is 0.240 e. The first-order valence-electron chi connectivity index (χ1n) is 9.77. The van der Waals surface area contributed by atoms with E-state index in [2.05, 4.69) is 45.3 Å². The van der Waals surface area contributed by atoms with Crippen LogP contribution in [0, 0.1) is 11.3 Å². The minimum Gasteiger partial charge on any atom is -0.370 e. The number of anilines is 2. The number of rotatable bonds is 5. The third-order valence-corrected chi connectivity index (χ3v) is 5.32. The van der Waals surface area contributed by atoms with Crippen LogP contribution in [-0.4, -0.2) is 33.8 Å². The van der Waals surface area contributed by atoms with Crippen molar-refractivity contribution in [1.29, 1.82) is 5.26 Å². The number of nitriles is 1.